The van der Waals surface area contributed by atoms with E-state index in [-0.39, 0.29) is 0 Å². The van der Waals surface area contributed by atoms with Gasteiger partial charge in [-0.3, -0.25) is 4.90 Å². The van der Waals surface area contributed by atoms with Gasteiger partial charge in [0.05, 0.1) is 0 Å². The van der Waals surface area contributed by atoms with Crippen LogP contribution >= 0.6 is 0 Å². The van der Waals surface area contributed by atoms with Crippen molar-refractivity contribution in [2.24, 2.45) is 5.92 Å². The van der Waals surface area contributed by atoms with E-state index in [4.69, 9.17) is 0 Å². The van der Waals surface area contributed by atoms with Crippen molar-refractivity contribution in [3.8, 4) is 0 Å². The Labute approximate surface area is 123 Å². The summed E-state index contributed by atoms with van der Waals surface area (Å²) in [5.41, 5.74) is 1.43. The molecular weight excluding hydrogens is 244 g/mol. The fourth-order valence-corrected chi connectivity index (χ4v) is 2.94. The first-order chi connectivity index (χ1) is 9.72. The maximum absolute atomic E-state index is 3.73. The van der Waals surface area contributed by atoms with Gasteiger partial charge < -0.3 is 5.32 Å². The molecule has 1 heterocycles. The van der Waals surface area contributed by atoms with Crippen LogP contribution in [0.1, 0.15) is 38.8 Å². The Morgan fingerprint density at radius 1 is 1.30 bits per heavy atom. The van der Waals surface area contributed by atoms with E-state index in [1.807, 2.05) is 0 Å². The predicted molar refractivity (Wildman–Crippen MR) is 86.8 cm³/mol. The summed E-state index contributed by atoms with van der Waals surface area (Å²) >= 11 is 0. The van der Waals surface area contributed by atoms with Crippen LogP contribution in [0, 0.1) is 5.92 Å². The fourth-order valence-electron chi connectivity index (χ4n) is 2.94. The van der Waals surface area contributed by atoms with Gasteiger partial charge in [0.2, 0.25) is 0 Å². The highest BCUT2D eigenvalue weighted by atomic mass is 15.2. The van der Waals surface area contributed by atoms with Crippen molar-refractivity contribution in [2.75, 3.05) is 19.6 Å². The van der Waals surface area contributed by atoms with Gasteiger partial charge in [0, 0.05) is 31.7 Å². The molecule has 2 unspecified atom stereocenters. The van der Waals surface area contributed by atoms with Gasteiger partial charge in [0.15, 0.2) is 0 Å². The molecular formula is C18H28N2. The van der Waals surface area contributed by atoms with Crippen LogP contribution < -0.4 is 5.32 Å². The van der Waals surface area contributed by atoms with Gasteiger partial charge in [-0.25, -0.2) is 0 Å². The minimum Gasteiger partial charge on any atom is -0.311 e. The number of nitrogens with zero attached hydrogens (tertiary/aromatic N) is 1. The smallest absolute Gasteiger partial charge is 0.0473 e. The first-order valence-corrected chi connectivity index (χ1v) is 7.86. The Hall–Kier alpha value is -1.12. The van der Waals surface area contributed by atoms with Crippen molar-refractivity contribution in [3.63, 3.8) is 0 Å². The summed E-state index contributed by atoms with van der Waals surface area (Å²) in [6.07, 6.45) is 5.57. The molecule has 0 spiro atoms. The van der Waals surface area contributed by atoms with Crippen molar-refractivity contribution in [1.29, 1.82) is 0 Å². The van der Waals surface area contributed by atoms with Gasteiger partial charge in [0.25, 0.3) is 0 Å². The zero-order valence-electron chi connectivity index (χ0n) is 13.0. The highest BCUT2D eigenvalue weighted by molar-refractivity contribution is 5.20. The van der Waals surface area contributed by atoms with Gasteiger partial charge in [-0.05, 0) is 24.8 Å². The largest absolute Gasteiger partial charge is 0.311 e. The molecule has 110 valence electrons. The zero-order chi connectivity index (χ0) is 14.4. The molecule has 2 nitrogen and oxygen atoms in total. The second-order valence-electron chi connectivity index (χ2n) is 6.04. The van der Waals surface area contributed by atoms with Crippen LogP contribution in [0.3, 0.4) is 0 Å². The number of allylic oxidation sites excluding steroid dienone is 1. The molecule has 0 saturated carbocycles. The standard InChI is InChI=1S/C18H28N2/c1-4-5-9-12-20-14-17(15(2)3)19-13-18(20)16-10-7-6-8-11-16/h4-8,10-11,15,17-19H,9,12-14H2,1-3H3/b5-4+. The third-order valence-electron chi connectivity index (χ3n) is 4.25. The number of hydrogen-bond acceptors (Lipinski definition) is 2. The topological polar surface area (TPSA) is 15.3 Å². The first kappa shape index (κ1) is 15.3. The molecule has 1 saturated heterocycles. The number of hydrogen-bond donors (Lipinski definition) is 1. The Balaban J connectivity index is 2.08. The number of rotatable bonds is 5. The number of benzene rings is 1. The highest BCUT2D eigenvalue weighted by Crippen LogP contribution is 2.25. The van der Waals surface area contributed by atoms with E-state index in [0.717, 1.165) is 26.1 Å². The van der Waals surface area contributed by atoms with Crippen LogP contribution in [0.4, 0.5) is 0 Å². The van der Waals surface area contributed by atoms with E-state index in [1.54, 1.807) is 0 Å². The fraction of sp³-hybridized carbons (Fsp3) is 0.556. The third kappa shape index (κ3) is 3.94. The quantitative estimate of drug-likeness (QED) is 0.824. The molecule has 2 atom stereocenters. The summed E-state index contributed by atoms with van der Waals surface area (Å²) in [4.78, 5) is 2.65. The van der Waals surface area contributed by atoms with E-state index in [1.165, 1.54) is 5.56 Å². The Morgan fingerprint density at radius 3 is 2.70 bits per heavy atom. The van der Waals surface area contributed by atoms with E-state index < -0.39 is 0 Å². The molecule has 2 heteroatoms. The first-order valence-electron chi connectivity index (χ1n) is 7.86. The summed E-state index contributed by atoms with van der Waals surface area (Å²) in [6, 6.07) is 12.0. The second-order valence-corrected chi connectivity index (χ2v) is 6.04. The molecule has 0 aromatic heterocycles. The lowest BCUT2D eigenvalue weighted by molar-refractivity contribution is 0.115. The van der Waals surface area contributed by atoms with Crippen LogP contribution in [0.25, 0.3) is 0 Å². The molecule has 20 heavy (non-hydrogen) atoms. The van der Waals surface area contributed by atoms with Crippen molar-refractivity contribution < 1.29 is 0 Å². The van der Waals surface area contributed by atoms with E-state index >= 15 is 0 Å². The van der Waals surface area contributed by atoms with E-state index in [0.29, 0.717) is 18.0 Å². The minimum absolute atomic E-state index is 0.511. The van der Waals surface area contributed by atoms with Crippen LogP contribution in [0.5, 0.6) is 0 Å². The van der Waals surface area contributed by atoms with Crippen LogP contribution in [-0.2, 0) is 0 Å². The maximum Gasteiger partial charge on any atom is 0.0473 e. The molecule has 0 radical (unpaired) electrons. The zero-order valence-corrected chi connectivity index (χ0v) is 13.0. The lowest BCUT2D eigenvalue weighted by atomic mass is 9.96. The average molecular weight is 272 g/mol. The van der Waals surface area contributed by atoms with Gasteiger partial charge in [-0.1, -0.05) is 56.3 Å². The van der Waals surface area contributed by atoms with E-state index in [2.05, 4.69) is 73.5 Å². The number of piperazine rings is 1. The van der Waals surface area contributed by atoms with Gasteiger partial charge in [-0.15, -0.1) is 0 Å². The van der Waals surface area contributed by atoms with Crippen LogP contribution in [-0.4, -0.2) is 30.6 Å². The Kier molecular flexibility index (Phi) is 5.81. The molecule has 0 aliphatic carbocycles. The summed E-state index contributed by atoms with van der Waals surface area (Å²) < 4.78 is 0. The van der Waals surface area contributed by atoms with Crippen molar-refractivity contribution >= 4 is 0 Å². The minimum atomic E-state index is 0.511. The maximum atomic E-state index is 3.73. The van der Waals surface area contributed by atoms with Crippen LogP contribution in [0.2, 0.25) is 0 Å². The summed E-state index contributed by atoms with van der Waals surface area (Å²) in [6.45, 7) is 10.1. The monoisotopic (exact) mass is 272 g/mol. The summed E-state index contributed by atoms with van der Waals surface area (Å²) in [5, 5.41) is 3.73. The second kappa shape index (κ2) is 7.61. The molecule has 0 amide bonds. The molecule has 1 aromatic rings. The SMILES string of the molecule is C/C=C/CCN1CC(C(C)C)NCC1c1ccccc1. The average Bonchev–Trinajstić information content (AvgIpc) is 2.48. The molecule has 1 aliphatic heterocycles. The summed E-state index contributed by atoms with van der Waals surface area (Å²) in [7, 11) is 0. The third-order valence-corrected chi connectivity index (χ3v) is 4.25. The lowest BCUT2D eigenvalue weighted by Gasteiger charge is -2.42. The molecule has 1 N–H and O–H groups in total. The molecule has 2 rings (SSSR count). The van der Waals surface area contributed by atoms with Crippen molar-refractivity contribution in [3.05, 3.63) is 48.0 Å². The van der Waals surface area contributed by atoms with Gasteiger partial charge in [0.1, 0.15) is 0 Å². The van der Waals surface area contributed by atoms with Crippen LogP contribution in [0.15, 0.2) is 42.5 Å². The molecule has 1 aromatic carbocycles. The van der Waals surface area contributed by atoms with Gasteiger partial charge in [-0.2, -0.15) is 0 Å². The highest BCUT2D eigenvalue weighted by Gasteiger charge is 2.29. The van der Waals surface area contributed by atoms with Crippen molar-refractivity contribution in [2.45, 2.75) is 39.3 Å². The Morgan fingerprint density at radius 2 is 2.05 bits per heavy atom. The molecule has 1 aliphatic rings. The van der Waals surface area contributed by atoms with Gasteiger partial charge >= 0.3 is 0 Å². The lowest BCUT2D eigenvalue weighted by Crippen LogP contribution is -2.54. The molecule has 1 fully saturated rings. The molecule has 0 bridgehead atoms. The Bertz CT molecular complexity index is 411. The normalized spacial score (nSPS) is 24.6. The summed E-state index contributed by atoms with van der Waals surface area (Å²) in [5.74, 6) is 0.691. The number of nitrogens with one attached hydrogen (secondary N) is 1. The van der Waals surface area contributed by atoms with Crippen molar-refractivity contribution in [1.82, 2.24) is 10.2 Å². The predicted octanol–water partition coefficient (Wildman–Crippen LogP) is 3.62. The van der Waals surface area contributed by atoms with E-state index in [9.17, 15) is 0 Å².